The summed E-state index contributed by atoms with van der Waals surface area (Å²) in [6, 6.07) is 8.34. The van der Waals surface area contributed by atoms with E-state index in [1.54, 1.807) is 23.5 Å². The molecule has 0 bridgehead atoms. The van der Waals surface area contributed by atoms with Gasteiger partial charge in [-0.15, -0.1) is 11.3 Å². The Bertz CT molecular complexity index is 867. The van der Waals surface area contributed by atoms with Gasteiger partial charge in [0, 0.05) is 16.4 Å². The molecule has 8 heteroatoms. The lowest BCUT2D eigenvalue weighted by molar-refractivity contribution is -0.124. The number of carbonyl (C=O) groups excluding carboxylic acids is 2. The van der Waals surface area contributed by atoms with Crippen LogP contribution in [0.25, 0.3) is 0 Å². The van der Waals surface area contributed by atoms with E-state index in [-0.39, 0.29) is 28.8 Å². The molecule has 5 nitrogen and oxygen atoms in total. The maximum absolute atomic E-state index is 13.0. The molecule has 1 aromatic heterocycles. The molecule has 1 aliphatic rings. The van der Waals surface area contributed by atoms with E-state index in [1.165, 1.54) is 23.8 Å². The molecule has 0 radical (unpaired) electrons. The summed E-state index contributed by atoms with van der Waals surface area (Å²) in [4.78, 5) is 29.4. The Balaban J connectivity index is 1.66. The van der Waals surface area contributed by atoms with Crippen LogP contribution in [0.4, 0.5) is 0 Å². The zero-order valence-electron chi connectivity index (χ0n) is 17.2. The molecule has 2 aromatic rings. The number of rotatable bonds is 8. The quantitative estimate of drug-likeness (QED) is 0.587. The summed E-state index contributed by atoms with van der Waals surface area (Å²) in [6.45, 7) is 6.41. The molecular weight excluding hydrogens is 441 g/mol. The summed E-state index contributed by atoms with van der Waals surface area (Å²) in [6.07, 6.45) is 2.37. The topological polar surface area (TPSA) is 61.4 Å². The lowest BCUT2D eigenvalue weighted by atomic mass is 10.0. The molecule has 0 aliphatic carbocycles. The van der Waals surface area contributed by atoms with Crippen LogP contribution in [0.1, 0.15) is 48.0 Å². The van der Waals surface area contributed by atoms with Gasteiger partial charge in [-0.05, 0) is 61.5 Å². The maximum Gasteiger partial charge on any atom is 0.253 e. The molecule has 2 N–H and O–H groups in total. The van der Waals surface area contributed by atoms with Gasteiger partial charge in [0.2, 0.25) is 5.91 Å². The van der Waals surface area contributed by atoms with Crippen molar-refractivity contribution in [2.75, 3.05) is 19.6 Å². The van der Waals surface area contributed by atoms with Crippen molar-refractivity contribution in [3.05, 3.63) is 56.2 Å². The number of nitrogens with zero attached hydrogens (tertiary/aromatic N) is 1. The number of amides is 2. The highest BCUT2D eigenvalue weighted by Crippen LogP contribution is 2.28. The molecule has 0 saturated carbocycles. The normalized spacial score (nSPS) is 16.4. The van der Waals surface area contributed by atoms with Crippen LogP contribution < -0.4 is 10.6 Å². The Morgan fingerprint density at radius 2 is 1.90 bits per heavy atom. The average molecular weight is 468 g/mol. The van der Waals surface area contributed by atoms with E-state index in [1.807, 2.05) is 19.9 Å². The van der Waals surface area contributed by atoms with Crippen molar-refractivity contribution in [1.82, 2.24) is 15.5 Å². The van der Waals surface area contributed by atoms with Crippen LogP contribution in [0.15, 0.2) is 35.7 Å². The summed E-state index contributed by atoms with van der Waals surface area (Å²) < 4.78 is 0. The van der Waals surface area contributed by atoms with Gasteiger partial charge in [-0.3, -0.25) is 14.5 Å². The van der Waals surface area contributed by atoms with Crippen molar-refractivity contribution in [2.45, 2.75) is 38.8 Å². The summed E-state index contributed by atoms with van der Waals surface area (Å²) >= 11 is 13.8. The van der Waals surface area contributed by atoms with Crippen LogP contribution in [0.3, 0.4) is 0 Å². The summed E-state index contributed by atoms with van der Waals surface area (Å²) in [5, 5.41) is 8.68. The van der Waals surface area contributed by atoms with Gasteiger partial charge in [-0.2, -0.15) is 0 Å². The van der Waals surface area contributed by atoms with Crippen LogP contribution in [-0.4, -0.2) is 42.4 Å². The third-order valence-corrected chi connectivity index (χ3v) is 6.86. The van der Waals surface area contributed by atoms with Gasteiger partial charge in [-0.1, -0.05) is 43.1 Å². The lowest BCUT2D eigenvalue weighted by Gasteiger charge is -2.28. The molecule has 1 saturated heterocycles. The highest BCUT2D eigenvalue weighted by molar-refractivity contribution is 7.10. The molecular formula is C22H27Cl2N3O2S. The Hall–Kier alpha value is -1.60. The molecule has 1 aliphatic heterocycles. The van der Waals surface area contributed by atoms with Gasteiger partial charge >= 0.3 is 0 Å². The number of hydrogen-bond donors (Lipinski definition) is 2. The van der Waals surface area contributed by atoms with Gasteiger partial charge in [0.05, 0.1) is 16.6 Å². The van der Waals surface area contributed by atoms with E-state index in [4.69, 9.17) is 23.2 Å². The third-order valence-electron chi connectivity index (χ3n) is 5.33. The standard InChI is InChI=1S/C22H27Cl2N3O2S/c1-14(2)20(26-21(28)16-8-7-15(23)12-17(16)24)22(29)25-13-18(19-6-5-11-30-19)27-9-3-4-10-27/h5-8,11-12,14,18,20H,3-4,9-10,13H2,1-2H3,(H,25,29)(H,26,28). The fourth-order valence-electron chi connectivity index (χ4n) is 3.68. The van der Waals surface area contributed by atoms with E-state index in [0.29, 0.717) is 17.1 Å². The number of likely N-dealkylation sites (tertiary alicyclic amines) is 1. The summed E-state index contributed by atoms with van der Waals surface area (Å²) in [7, 11) is 0. The molecule has 162 valence electrons. The second-order valence-corrected chi connectivity index (χ2v) is 9.66. The number of benzene rings is 1. The molecule has 2 atom stereocenters. The summed E-state index contributed by atoms with van der Waals surface area (Å²) in [5.41, 5.74) is 0.299. The molecule has 0 spiro atoms. The number of nitrogens with one attached hydrogen (secondary N) is 2. The van der Waals surface area contributed by atoms with Gasteiger partial charge in [-0.25, -0.2) is 0 Å². The maximum atomic E-state index is 13.0. The van der Waals surface area contributed by atoms with Crippen LogP contribution >= 0.6 is 34.5 Å². The first kappa shape index (κ1) is 23.1. The van der Waals surface area contributed by atoms with Crippen molar-refractivity contribution in [3.63, 3.8) is 0 Å². The van der Waals surface area contributed by atoms with Crippen LogP contribution in [-0.2, 0) is 4.79 Å². The molecule has 2 unspecified atom stereocenters. The molecule has 1 fully saturated rings. The highest BCUT2D eigenvalue weighted by atomic mass is 35.5. The Labute approximate surface area is 191 Å². The average Bonchev–Trinajstić information content (AvgIpc) is 3.40. The zero-order valence-corrected chi connectivity index (χ0v) is 19.5. The van der Waals surface area contributed by atoms with Gasteiger partial charge in [0.25, 0.3) is 5.91 Å². The predicted molar refractivity (Wildman–Crippen MR) is 123 cm³/mol. The monoisotopic (exact) mass is 467 g/mol. The molecule has 2 amide bonds. The predicted octanol–water partition coefficient (Wildman–Crippen LogP) is 4.76. The minimum atomic E-state index is -0.660. The van der Waals surface area contributed by atoms with Crippen molar-refractivity contribution in [2.24, 2.45) is 5.92 Å². The minimum absolute atomic E-state index is 0.0769. The van der Waals surface area contributed by atoms with E-state index in [0.717, 1.165) is 13.1 Å². The van der Waals surface area contributed by atoms with Gasteiger partial charge < -0.3 is 10.6 Å². The highest BCUT2D eigenvalue weighted by Gasteiger charge is 2.29. The van der Waals surface area contributed by atoms with Crippen molar-refractivity contribution in [3.8, 4) is 0 Å². The van der Waals surface area contributed by atoms with Crippen LogP contribution in [0, 0.1) is 5.92 Å². The van der Waals surface area contributed by atoms with Gasteiger partial charge in [0.15, 0.2) is 0 Å². The first-order valence-corrected chi connectivity index (χ1v) is 11.8. The Kier molecular flexibility index (Phi) is 8.17. The number of halogens is 2. The third kappa shape index (κ3) is 5.76. The number of hydrogen-bond acceptors (Lipinski definition) is 4. The van der Waals surface area contributed by atoms with E-state index < -0.39 is 6.04 Å². The number of thiophene rings is 1. The number of carbonyl (C=O) groups is 2. The van der Waals surface area contributed by atoms with Crippen molar-refractivity contribution >= 4 is 46.4 Å². The van der Waals surface area contributed by atoms with Crippen LogP contribution in [0.2, 0.25) is 10.0 Å². The minimum Gasteiger partial charge on any atom is -0.352 e. The van der Waals surface area contributed by atoms with Crippen LogP contribution in [0.5, 0.6) is 0 Å². The molecule has 1 aromatic carbocycles. The Morgan fingerprint density at radius 1 is 1.17 bits per heavy atom. The largest absolute Gasteiger partial charge is 0.352 e. The van der Waals surface area contributed by atoms with E-state index in [9.17, 15) is 9.59 Å². The fraction of sp³-hybridized carbons (Fsp3) is 0.455. The summed E-state index contributed by atoms with van der Waals surface area (Å²) in [5.74, 6) is -0.656. The lowest BCUT2D eigenvalue weighted by Crippen LogP contribution is -2.51. The van der Waals surface area contributed by atoms with Gasteiger partial charge in [0.1, 0.15) is 6.04 Å². The Morgan fingerprint density at radius 3 is 2.50 bits per heavy atom. The fourth-order valence-corrected chi connectivity index (χ4v) is 5.03. The first-order valence-electron chi connectivity index (χ1n) is 10.2. The zero-order chi connectivity index (χ0) is 21.7. The molecule has 3 rings (SSSR count). The van der Waals surface area contributed by atoms with Crippen molar-refractivity contribution in [1.29, 1.82) is 0 Å². The SMILES string of the molecule is CC(C)C(NC(=O)c1ccc(Cl)cc1Cl)C(=O)NCC(c1cccs1)N1CCCC1. The molecule has 30 heavy (non-hydrogen) atoms. The second kappa shape index (κ2) is 10.6. The van der Waals surface area contributed by atoms with Crippen molar-refractivity contribution < 1.29 is 9.59 Å². The van der Waals surface area contributed by atoms with E-state index in [2.05, 4.69) is 27.0 Å². The van der Waals surface area contributed by atoms with E-state index >= 15 is 0 Å². The molecule has 2 heterocycles. The second-order valence-electron chi connectivity index (χ2n) is 7.84. The first-order chi connectivity index (χ1) is 14.4. The smallest absolute Gasteiger partial charge is 0.253 e.